The maximum atomic E-state index is 13.1. The lowest BCUT2D eigenvalue weighted by Crippen LogP contribution is -2.61. The van der Waals surface area contributed by atoms with E-state index >= 15 is 0 Å². The summed E-state index contributed by atoms with van der Waals surface area (Å²) in [6, 6.07) is 0. The molecule has 42 heavy (non-hydrogen) atoms. The molecule has 5 aliphatic rings. The zero-order valence-electron chi connectivity index (χ0n) is 27.6. The van der Waals surface area contributed by atoms with Crippen molar-refractivity contribution in [3.05, 3.63) is 24.0 Å². The van der Waals surface area contributed by atoms with Gasteiger partial charge in [-0.1, -0.05) is 60.5 Å². The smallest absolute Gasteiger partial charge is 0.380 e. The summed E-state index contributed by atoms with van der Waals surface area (Å²) >= 11 is 0. The number of alkyl halides is 3. The van der Waals surface area contributed by atoms with E-state index in [1.807, 2.05) is 48.3 Å². The molecule has 0 bridgehead atoms. The van der Waals surface area contributed by atoms with E-state index in [0.717, 1.165) is 30.6 Å². The lowest BCUT2D eigenvalue weighted by Gasteiger charge is -2.68. The molecule has 5 aliphatic carbocycles. The summed E-state index contributed by atoms with van der Waals surface area (Å²) in [5, 5.41) is 0. The molecule has 0 saturated heterocycles. The first-order valence-electron chi connectivity index (χ1n) is 15.9. The minimum absolute atomic E-state index is 0.0241. The van der Waals surface area contributed by atoms with Gasteiger partial charge in [0.25, 0.3) is 0 Å². The van der Waals surface area contributed by atoms with Crippen LogP contribution in [0.5, 0.6) is 0 Å². The van der Waals surface area contributed by atoms with E-state index in [0.29, 0.717) is 17.8 Å². The van der Waals surface area contributed by atoms with E-state index in [1.54, 1.807) is 6.08 Å². The van der Waals surface area contributed by atoms with Crippen molar-refractivity contribution in [3.8, 4) is 0 Å². The molecule has 0 heterocycles. The van der Waals surface area contributed by atoms with Crippen molar-refractivity contribution in [3.63, 3.8) is 0 Å². The highest BCUT2D eigenvalue weighted by Crippen LogP contribution is 2.72. The maximum absolute atomic E-state index is 13.1. The molecule has 0 radical (unpaired) electrons. The van der Waals surface area contributed by atoms with Crippen molar-refractivity contribution >= 4 is 16.9 Å². The molecule has 244 valence electrons. The number of allylic oxidation sites excluding steroid dienone is 3. The van der Waals surface area contributed by atoms with E-state index in [4.69, 9.17) is 8.98 Å². The van der Waals surface area contributed by atoms with Gasteiger partial charge in [0.2, 0.25) is 0 Å². The van der Waals surface area contributed by atoms with Crippen molar-refractivity contribution in [2.45, 2.75) is 132 Å². The van der Waals surface area contributed by atoms with Crippen molar-refractivity contribution in [1.29, 1.82) is 0 Å². The van der Waals surface area contributed by atoms with Crippen LogP contribution < -0.4 is 0 Å². The molecule has 0 aliphatic heterocycles. The van der Waals surface area contributed by atoms with E-state index in [-0.39, 0.29) is 22.5 Å². The SMILES string of the molecule is C=C(C)C.C=O.CC.CC1(C)C(OS(=O)(=O)C(F)(F)F)=CC[C@@]2(C)C1CC[C@@]1(C)C3CC[C@@]4(C)CCC[C@@H]4[C@H]3CCC12. The first-order valence-corrected chi connectivity index (χ1v) is 17.3. The summed E-state index contributed by atoms with van der Waals surface area (Å²) in [7, 11) is -5.66. The molecule has 0 amide bonds. The van der Waals surface area contributed by atoms with Crippen molar-refractivity contribution < 1.29 is 30.6 Å². The molecule has 4 fully saturated rings. The van der Waals surface area contributed by atoms with Crippen LogP contribution in [0.25, 0.3) is 0 Å². The minimum Gasteiger partial charge on any atom is -0.380 e. The van der Waals surface area contributed by atoms with Crippen LogP contribution in [-0.2, 0) is 19.1 Å². The number of halogens is 3. The van der Waals surface area contributed by atoms with Crippen LogP contribution in [-0.4, -0.2) is 20.7 Å². The fraction of sp³-hybridized carbons (Fsp3) is 0.853. The largest absolute Gasteiger partial charge is 0.534 e. The minimum atomic E-state index is -5.66. The van der Waals surface area contributed by atoms with Gasteiger partial charge in [-0.25, -0.2) is 0 Å². The van der Waals surface area contributed by atoms with Crippen LogP contribution in [0.1, 0.15) is 127 Å². The monoisotopic (exact) mass is 618 g/mol. The van der Waals surface area contributed by atoms with E-state index in [9.17, 15) is 21.6 Å². The van der Waals surface area contributed by atoms with Crippen LogP contribution in [0.15, 0.2) is 24.0 Å². The van der Waals surface area contributed by atoms with Gasteiger partial charge in [0.1, 0.15) is 12.5 Å². The van der Waals surface area contributed by atoms with Crippen LogP contribution in [0.4, 0.5) is 13.2 Å². The average molecular weight is 619 g/mol. The molecule has 4 nitrogen and oxygen atoms in total. The van der Waals surface area contributed by atoms with Crippen LogP contribution >= 0.6 is 0 Å². The zero-order chi connectivity index (χ0) is 32.5. The highest BCUT2D eigenvalue weighted by Gasteiger charge is 2.65. The molecule has 0 aromatic carbocycles. The van der Waals surface area contributed by atoms with Gasteiger partial charge in [-0.3, -0.25) is 0 Å². The van der Waals surface area contributed by atoms with E-state index < -0.39 is 21.0 Å². The van der Waals surface area contributed by atoms with Crippen molar-refractivity contribution in [2.24, 2.45) is 51.2 Å². The molecular formula is C34H57F3O4S. The Morgan fingerprint density at radius 3 is 1.98 bits per heavy atom. The number of hydrogen-bond donors (Lipinski definition) is 0. The molecule has 0 spiro atoms. The second-order valence-corrected chi connectivity index (χ2v) is 16.4. The van der Waals surface area contributed by atoms with Gasteiger partial charge in [0, 0.05) is 5.41 Å². The highest BCUT2D eigenvalue weighted by atomic mass is 32.2. The number of carbonyl (C=O) groups is 1. The fourth-order valence-corrected chi connectivity index (χ4v) is 11.1. The number of hydrogen-bond acceptors (Lipinski definition) is 4. The molecule has 5 rings (SSSR count). The summed E-state index contributed by atoms with van der Waals surface area (Å²) in [6.07, 6.45) is 13.5. The van der Waals surface area contributed by atoms with Crippen molar-refractivity contribution in [2.75, 3.05) is 0 Å². The quantitative estimate of drug-likeness (QED) is 0.176. The van der Waals surface area contributed by atoms with Crippen LogP contribution in [0, 0.1) is 51.2 Å². The molecule has 8 heteroatoms. The second kappa shape index (κ2) is 13.0. The van der Waals surface area contributed by atoms with Gasteiger partial charge in [-0.2, -0.15) is 21.6 Å². The predicted molar refractivity (Wildman–Crippen MR) is 165 cm³/mol. The average Bonchev–Trinajstić information content (AvgIpc) is 3.29. The summed E-state index contributed by atoms with van der Waals surface area (Å²) in [4.78, 5) is 8.00. The third-order valence-electron chi connectivity index (χ3n) is 11.9. The molecule has 3 unspecified atom stereocenters. The standard InChI is InChI=1S/C27H41F3O3S.C4H8.C2H6.CH2O/c1-23(2)20-11-15-25(4)19-10-14-24(3)13-6-7-18(24)17(19)8-9-21(25)26(20,5)16-12-22(23)33-34(31,32)27(28,29)30;1-4(2)3;2*1-2/h12,17-21H,6-11,13-16H2,1-5H3;1H2,2-3H3;1-2H3;1H2/t17-,18-,19?,20?,21?,24-,25+,26+;;;/m1.../s1. The lowest BCUT2D eigenvalue weighted by molar-refractivity contribution is -0.182. The Morgan fingerprint density at radius 1 is 0.857 bits per heavy atom. The molecular weight excluding hydrogens is 561 g/mol. The third kappa shape index (κ3) is 6.40. The normalized spacial score (nSPS) is 39.8. The predicted octanol–water partition coefficient (Wildman–Crippen LogP) is 10.3. The first-order chi connectivity index (χ1) is 19.3. The van der Waals surface area contributed by atoms with E-state index in [2.05, 4.69) is 27.4 Å². The Balaban J connectivity index is 0.000000699. The summed E-state index contributed by atoms with van der Waals surface area (Å²) < 4.78 is 67.6. The third-order valence-corrected chi connectivity index (χ3v) is 12.9. The Morgan fingerprint density at radius 2 is 1.43 bits per heavy atom. The lowest BCUT2D eigenvalue weighted by atomic mass is 9.37. The molecule has 0 aromatic heterocycles. The topological polar surface area (TPSA) is 60.4 Å². The summed E-state index contributed by atoms with van der Waals surface area (Å²) in [5.74, 6) is 2.97. The highest BCUT2D eigenvalue weighted by molar-refractivity contribution is 7.87. The van der Waals surface area contributed by atoms with E-state index in [1.165, 1.54) is 50.5 Å². The van der Waals surface area contributed by atoms with Gasteiger partial charge in [-0.05, 0) is 124 Å². The van der Waals surface area contributed by atoms with Gasteiger partial charge in [-0.15, -0.1) is 6.58 Å². The Kier molecular flexibility index (Phi) is 11.4. The van der Waals surface area contributed by atoms with Gasteiger partial charge < -0.3 is 8.98 Å². The first kappa shape index (κ1) is 36.9. The number of fused-ring (bicyclic) bond motifs is 7. The van der Waals surface area contributed by atoms with Crippen molar-refractivity contribution in [1.82, 2.24) is 0 Å². The zero-order valence-corrected chi connectivity index (χ0v) is 28.4. The molecule has 8 atom stereocenters. The number of rotatable bonds is 2. The van der Waals surface area contributed by atoms with Gasteiger partial charge in [0.05, 0.1) is 0 Å². The van der Waals surface area contributed by atoms with Crippen LogP contribution in [0.3, 0.4) is 0 Å². The van der Waals surface area contributed by atoms with Gasteiger partial charge >= 0.3 is 15.6 Å². The second-order valence-electron chi connectivity index (χ2n) is 14.9. The fourth-order valence-electron chi connectivity index (χ4n) is 10.4. The maximum Gasteiger partial charge on any atom is 0.534 e. The molecule has 0 N–H and O–H groups in total. The summed E-state index contributed by atoms with van der Waals surface area (Å²) in [6.45, 7) is 24.6. The Labute approximate surface area is 254 Å². The summed E-state index contributed by atoms with van der Waals surface area (Å²) in [5.41, 5.74) is -4.30. The number of carbonyl (C=O) groups excluding carboxylic acids is 1. The Bertz CT molecular complexity index is 1090. The van der Waals surface area contributed by atoms with Gasteiger partial charge in [0.15, 0.2) is 0 Å². The molecule has 4 saturated carbocycles. The van der Waals surface area contributed by atoms with Crippen LogP contribution in [0.2, 0.25) is 0 Å². The Hall–Kier alpha value is -1.31. The molecule has 0 aromatic rings.